The molecule has 1 saturated heterocycles. The zero-order valence-electron chi connectivity index (χ0n) is 14.7. The molecule has 1 aromatic heterocycles. The van der Waals surface area contributed by atoms with E-state index in [1.54, 1.807) is 42.5 Å². The van der Waals surface area contributed by atoms with E-state index >= 15 is 0 Å². The number of hydrogen-bond donors (Lipinski definition) is 2. The van der Waals surface area contributed by atoms with Crippen molar-refractivity contribution < 1.29 is 14.4 Å². The normalized spacial score (nSPS) is 18.9. The topological polar surface area (TPSA) is 102 Å². The Balaban J connectivity index is 1.64. The third kappa shape index (κ3) is 3.83. The summed E-state index contributed by atoms with van der Waals surface area (Å²) in [4.78, 5) is 39.3. The number of rotatable bonds is 6. The molecule has 4 amide bonds. The molecule has 138 valence electrons. The monoisotopic (exact) mass is 382 g/mol. The highest BCUT2D eigenvalue weighted by molar-refractivity contribution is 7.09. The highest BCUT2D eigenvalue weighted by atomic mass is 32.1. The van der Waals surface area contributed by atoms with Crippen LogP contribution in [0.5, 0.6) is 0 Å². The van der Waals surface area contributed by atoms with Crippen LogP contribution >= 0.6 is 11.3 Å². The summed E-state index contributed by atoms with van der Waals surface area (Å²) in [6, 6.07) is 11.8. The second-order valence-electron chi connectivity index (χ2n) is 6.32. The number of carbonyl (C=O) groups is 3. The lowest BCUT2D eigenvalue weighted by atomic mass is 9.91. The molecule has 1 aliphatic heterocycles. The van der Waals surface area contributed by atoms with Gasteiger partial charge in [0.25, 0.3) is 5.91 Å². The van der Waals surface area contributed by atoms with Gasteiger partial charge in [-0.25, -0.2) is 4.79 Å². The minimum Gasteiger partial charge on any atom is -0.354 e. The quantitative estimate of drug-likeness (QED) is 0.743. The zero-order valence-corrected chi connectivity index (χ0v) is 15.5. The molecule has 1 aromatic carbocycles. The predicted octanol–water partition coefficient (Wildman–Crippen LogP) is 1.75. The molecule has 2 heterocycles. The fraction of sp³-hybridized carbons (Fsp3) is 0.263. The lowest BCUT2D eigenvalue weighted by molar-refractivity contribution is -0.134. The molecule has 1 fully saturated rings. The first-order valence-electron chi connectivity index (χ1n) is 8.38. The molecule has 2 N–H and O–H groups in total. The molecule has 0 spiro atoms. The van der Waals surface area contributed by atoms with Gasteiger partial charge < -0.3 is 10.6 Å². The van der Waals surface area contributed by atoms with Gasteiger partial charge in [-0.05, 0) is 42.5 Å². The van der Waals surface area contributed by atoms with Gasteiger partial charge in [0.05, 0.1) is 11.6 Å². The number of nitriles is 1. The summed E-state index contributed by atoms with van der Waals surface area (Å²) < 4.78 is 0. The number of nitrogens with one attached hydrogen (secondary N) is 2. The number of carbonyl (C=O) groups excluding carboxylic acids is 3. The standard InChI is InChI=1S/C19H18N4O3S/c1-19(14-5-2-4-13(10-14)11-20)17(25)23(18(26)22-19)12-16(24)21-8-7-15-6-3-9-27-15/h2-6,9-10H,7-8,12H2,1H3,(H,21,24)(H,22,26)/t19-/m0/s1. The molecule has 27 heavy (non-hydrogen) atoms. The van der Waals surface area contributed by atoms with Gasteiger partial charge in [-0.2, -0.15) is 5.26 Å². The summed E-state index contributed by atoms with van der Waals surface area (Å²) in [7, 11) is 0. The minimum atomic E-state index is -1.30. The Labute approximate surface area is 160 Å². The van der Waals surface area contributed by atoms with E-state index in [2.05, 4.69) is 10.6 Å². The largest absolute Gasteiger partial charge is 0.354 e. The average molecular weight is 382 g/mol. The van der Waals surface area contributed by atoms with Crippen molar-refractivity contribution in [3.63, 3.8) is 0 Å². The Morgan fingerprint density at radius 2 is 2.15 bits per heavy atom. The summed E-state index contributed by atoms with van der Waals surface area (Å²) in [6.45, 7) is 1.66. The van der Waals surface area contributed by atoms with Crippen LogP contribution in [0.1, 0.15) is 22.9 Å². The molecule has 0 bridgehead atoms. The summed E-state index contributed by atoms with van der Waals surface area (Å²) in [5.74, 6) is -0.916. The van der Waals surface area contributed by atoms with Gasteiger partial charge >= 0.3 is 6.03 Å². The molecule has 7 nitrogen and oxygen atoms in total. The van der Waals surface area contributed by atoms with Gasteiger partial charge in [0.15, 0.2) is 0 Å². The third-order valence-electron chi connectivity index (χ3n) is 4.42. The lowest BCUT2D eigenvalue weighted by Gasteiger charge is -2.22. The van der Waals surface area contributed by atoms with Crippen LogP contribution in [-0.2, 0) is 21.5 Å². The molecular weight excluding hydrogens is 364 g/mol. The molecular formula is C19H18N4O3S. The van der Waals surface area contributed by atoms with Crippen LogP contribution in [0.15, 0.2) is 41.8 Å². The molecule has 0 unspecified atom stereocenters. The van der Waals surface area contributed by atoms with Crippen LogP contribution < -0.4 is 10.6 Å². The van der Waals surface area contributed by atoms with Crippen LogP contribution in [0.4, 0.5) is 4.79 Å². The van der Waals surface area contributed by atoms with Crippen LogP contribution in [0.2, 0.25) is 0 Å². The smallest absolute Gasteiger partial charge is 0.325 e. The predicted molar refractivity (Wildman–Crippen MR) is 99.8 cm³/mol. The number of thiophene rings is 1. The van der Waals surface area contributed by atoms with Crippen molar-refractivity contribution in [3.05, 3.63) is 57.8 Å². The third-order valence-corrected chi connectivity index (χ3v) is 5.36. The van der Waals surface area contributed by atoms with E-state index in [0.717, 1.165) is 9.78 Å². The van der Waals surface area contributed by atoms with E-state index in [4.69, 9.17) is 5.26 Å². The summed E-state index contributed by atoms with van der Waals surface area (Å²) in [6.07, 6.45) is 0.697. The van der Waals surface area contributed by atoms with Gasteiger partial charge in [0.2, 0.25) is 5.91 Å². The van der Waals surface area contributed by atoms with Gasteiger partial charge in [-0.3, -0.25) is 14.5 Å². The van der Waals surface area contributed by atoms with Crippen molar-refractivity contribution in [2.75, 3.05) is 13.1 Å². The van der Waals surface area contributed by atoms with Gasteiger partial charge in [-0.1, -0.05) is 18.2 Å². The molecule has 0 aliphatic carbocycles. The average Bonchev–Trinajstić information content (AvgIpc) is 3.25. The first-order chi connectivity index (χ1) is 12.9. The van der Waals surface area contributed by atoms with Crippen LogP contribution in [-0.4, -0.2) is 35.8 Å². The Hall–Kier alpha value is -3.18. The van der Waals surface area contributed by atoms with E-state index in [0.29, 0.717) is 24.1 Å². The molecule has 0 radical (unpaired) electrons. The lowest BCUT2D eigenvalue weighted by Crippen LogP contribution is -2.43. The maximum Gasteiger partial charge on any atom is 0.325 e. The van der Waals surface area contributed by atoms with Crippen molar-refractivity contribution in [2.45, 2.75) is 18.9 Å². The molecule has 3 rings (SSSR count). The van der Waals surface area contributed by atoms with Crippen molar-refractivity contribution >= 4 is 29.2 Å². The number of benzene rings is 1. The fourth-order valence-corrected chi connectivity index (χ4v) is 3.62. The van der Waals surface area contributed by atoms with Crippen molar-refractivity contribution in [3.8, 4) is 6.07 Å². The maximum absolute atomic E-state index is 12.8. The Kier molecular flexibility index (Phi) is 5.23. The number of imide groups is 1. The number of amides is 4. The van der Waals surface area contributed by atoms with Crippen LogP contribution in [0.3, 0.4) is 0 Å². The molecule has 1 atom stereocenters. The van der Waals surface area contributed by atoms with E-state index in [-0.39, 0.29) is 6.54 Å². The zero-order chi connectivity index (χ0) is 19.4. The van der Waals surface area contributed by atoms with Crippen molar-refractivity contribution in [2.24, 2.45) is 0 Å². The fourth-order valence-electron chi connectivity index (χ4n) is 2.92. The Morgan fingerprint density at radius 3 is 2.85 bits per heavy atom. The van der Waals surface area contributed by atoms with Gasteiger partial charge in [0.1, 0.15) is 12.1 Å². The van der Waals surface area contributed by atoms with E-state index < -0.39 is 23.4 Å². The van der Waals surface area contributed by atoms with Gasteiger partial charge in [0, 0.05) is 11.4 Å². The summed E-state index contributed by atoms with van der Waals surface area (Å²) in [5, 5.41) is 16.4. The van der Waals surface area contributed by atoms with Crippen LogP contribution in [0, 0.1) is 11.3 Å². The SMILES string of the molecule is C[C@@]1(c2cccc(C#N)c2)NC(=O)N(CC(=O)NCCc2cccs2)C1=O. The number of urea groups is 1. The van der Waals surface area contributed by atoms with E-state index in [1.807, 2.05) is 23.6 Å². The number of nitrogens with zero attached hydrogens (tertiary/aromatic N) is 2. The van der Waals surface area contributed by atoms with Crippen molar-refractivity contribution in [1.29, 1.82) is 5.26 Å². The first kappa shape index (κ1) is 18.6. The molecule has 1 aliphatic rings. The number of hydrogen-bond acceptors (Lipinski definition) is 5. The minimum absolute atomic E-state index is 0.345. The van der Waals surface area contributed by atoms with E-state index in [9.17, 15) is 14.4 Å². The van der Waals surface area contributed by atoms with Crippen molar-refractivity contribution in [1.82, 2.24) is 15.5 Å². The summed E-state index contributed by atoms with van der Waals surface area (Å²) in [5.41, 5.74) is -0.415. The Morgan fingerprint density at radius 1 is 1.33 bits per heavy atom. The summed E-state index contributed by atoms with van der Waals surface area (Å²) >= 11 is 1.61. The second kappa shape index (κ2) is 7.60. The highest BCUT2D eigenvalue weighted by Crippen LogP contribution is 2.29. The molecule has 0 saturated carbocycles. The molecule has 2 aromatic rings. The van der Waals surface area contributed by atoms with E-state index in [1.165, 1.54) is 0 Å². The first-order valence-corrected chi connectivity index (χ1v) is 9.26. The Bertz CT molecular complexity index is 919. The second-order valence-corrected chi connectivity index (χ2v) is 7.35. The van der Waals surface area contributed by atoms with Gasteiger partial charge in [-0.15, -0.1) is 11.3 Å². The maximum atomic E-state index is 12.8. The van der Waals surface area contributed by atoms with Crippen LogP contribution in [0.25, 0.3) is 0 Å². The molecule has 8 heteroatoms. The highest BCUT2D eigenvalue weighted by Gasteiger charge is 2.49.